The van der Waals surface area contributed by atoms with E-state index in [9.17, 15) is 0 Å². The van der Waals surface area contributed by atoms with Gasteiger partial charge in [0.05, 0.1) is 22.3 Å². The van der Waals surface area contributed by atoms with Crippen molar-refractivity contribution in [3.8, 4) is 6.07 Å². The van der Waals surface area contributed by atoms with Crippen LogP contribution in [0.15, 0.2) is 18.2 Å². The van der Waals surface area contributed by atoms with Crippen molar-refractivity contribution < 1.29 is 0 Å². The van der Waals surface area contributed by atoms with E-state index in [-0.39, 0.29) is 5.41 Å². The van der Waals surface area contributed by atoms with Crippen LogP contribution in [-0.4, -0.2) is 19.6 Å². The molecule has 1 rings (SSSR count). The van der Waals surface area contributed by atoms with Gasteiger partial charge in [0, 0.05) is 13.1 Å². The maximum atomic E-state index is 8.83. The van der Waals surface area contributed by atoms with E-state index in [2.05, 4.69) is 31.7 Å². The van der Waals surface area contributed by atoms with Gasteiger partial charge in [-0.1, -0.05) is 25.4 Å². The summed E-state index contributed by atoms with van der Waals surface area (Å²) in [6, 6.07) is 7.48. The van der Waals surface area contributed by atoms with Crippen LogP contribution in [0.3, 0.4) is 0 Å². The van der Waals surface area contributed by atoms with Crippen LogP contribution < -0.4 is 10.6 Å². The molecule has 0 bridgehead atoms. The summed E-state index contributed by atoms with van der Waals surface area (Å²) in [5.41, 5.74) is 7.34. The molecule has 0 amide bonds. The van der Waals surface area contributed by atoms with Crippen molar-refractivity contribution in [3.63, 3.8) is 0 Å². The quantitative estimate of drug-likeness (QED) is 0.890. The first-order valence-corrected chi connectivity index (χ1v) is 6.46. The Morgan fingerprint density at radius 2 is 2.11 bits per heavy atom. The van der Waals surface area contributed by atoms with Crippen LogP contribution >= 0.6 is 11.6 Å². The van der Waals surface area contributed by atoms with Gasteiger partial charge < -0.3 is 10.6 Å². The summed E-state index contributed by atoms with van der Waals surface area (Å²) < 4.78 is 0. The third kappa shape index (κ3) is 3.63. The molecule has 0 saturated heterocycles. The molecule has 0 heterocycles. The molecule has 0 unspecified atom stereocenters. The number of halogens is 1. The number of nitriles is 1. The van der Waals surface area contributed by atoms with Gasteiger partial charge in [-0.25, -0.2) is 0 Å². The summed E-state index contributed by atoms with van der Waals surface area (Å²) >= 11 is 6.23. The van der Waals surface area contributed by atoms with Gasteiger partial charge in [0.2, 0.25) is 0 Å². The van der Waals surface area contributed by atoms with E-state index in [0.717, 1.165) is 18.8 Å². The van der Waals surface area contributed by atoms with E-state index < -0.39 is 0 Å². The molecule has 3 nitrogen and oxygen atoms in total. The lowest BCUT2D eigenvalue weighted by Gasteiger charge is -2.33. The highest BCUT2D eigenvalue weighted by atomic mass is 35.5. The smallest absolute Gasteiger partial charge is 0.0992 e. The lowest BCUT2D eigenvalue weighted by atomic mass is 9.93. The van der Waals surface area contributed by atoms with Crippen molar-refractivity contribution in [2.45, 2.75) is 20.8 Å². The summed E-state index contributed by atoms with van der Waals surface area (Å²) in [5, 5.41) is 9.45. The Balaban J connectivity index is 3.00. The highest BCUT2D eigenvalue weighted by molar-refractivity contribution is 6.33. The second-order valence-electron chi connectivity index (χ2n) is 5.16. The number of hydrogen-bond donors (Lipinski definition) is 1. The normalized spacial score (nSPS) is 11.1. The lowest BCUT2D eigenvalue weighted by Crippen LogP contribution is -2.38. The number of rotatable bonds is 5. The Morgan fingerprint density at radius 3 is 2.56 bits per heavy atom. The van der Waals surface area contributed by atoms with Crippen LogP contribution in [0, 0.1) is 16.7 Å². The minimum atomic E-state index is 0.0350. The maximum Gasteiger partial charge on any atom is 0.0992 e. The van der Waals surface area contributed by atoms with Crippen molar-refractivity contribution in [2.24, 2.45) is 11.1 Å². The van der Waals surface area contributed by atoms with E-state index >= 15 is 0 Å². The summed E-state index contributed by atoms with van der Waals surface area (Å²) in [6.45, 7) is 8.67. The Kier molecular flexibility index (Phi) is 5.01. The van der Waals surface area contributed by atoms with Crippen molar-refractivity contribution in [2.75, 3.05) is 24.5 Å². The average Bonchev–Trinajstić information content (AvgIpc) is 2.36. The second kappa shape index (κ2) is 6.08. The largest absolute Gasteiger partial charge is 0.370 e. The SMILES string of the molecule is CCN(CC(C)(C)CN)c1ccc(C#N)cc1Cl. The summed E-state index contributed by atoms with van der Waals surface area (Å²) in [5.74, 6) is 0. The number of nitrogens with two attached hydrogens (primary N) is 1. The number of hydrogen-bond acceptors (Lipinski definition) is 3. The maximum absolute atomic E-state index is 8.83. The monoisotopic (exact) mass is 265 g/mol. The zero-order chi connectivity index (χ0) is 13.8. The molecule has 0 aliphatic rings. The minimum Gasteiger partial charge on any atom is -0.370 e. The predicted molar refractivity (Wildman–Crippen MR) is 76.9 cm³/mol. The fourth-order valence-corrected chi connectivity index (χ4v) is 2.08. The van der Waals surface area contributed by atoms with Crippen LogP contribution in [0.25, 0.3) is 0 Å². The number of anilines is 1. The highest BCUT2D eigenvalue weighted by Gasteiger charge is 2.21. The van der Waals surface area contributed by atoms with Gasteiger partial charge in [0.1, 0.15) is 0 Å². The molecule has 2 N–H and O–H groups in total. The van der Waals surface area contributed by atoms with Gasteiger partial charge in [0.15, 0.2) is 0 Å². The molecule has 0 spiro atoms. The summed E-state index contributed by atoms with van der Waals surface area (Å²) in [6.07, 6.45) is 0. The Morgan fingerprint density at radius 1 is 1.44 bits per heavy atom. The van der Waals surface area contributed by atoms with E-state index in [1.165, 1.54) is 0 Å². The molecular weight excluding hydrogens is 246 g/mol. The highest BCUT2D eigenvalue weighted by Crippen LogP contribution is 2.29. The molecule has 0 atom stereocenters. The van der Waals surface area contributed by atoms with Gasteiger partial charge in [-0.15, -0.1) is 0 Å². The summed E-state index contributed by atoms with van der Waals surface area (Å²) in [4.78, 5) is 2.19. The first-order valence-electron chi connectivity index (χ1n) is 6.08. The second-order valence-corrected chi connectivity index (χ2v) is 5.57. The number of benzene rings is 1. The Bertz CT molecular complexity index is 449. The number of nitrogens with zero attached hydrogens (tertiary/aromatic N) is 2. The van der Waals surface area contributed by atoms with Gasteiger partial charge in [-0.2, -0.15) is 5.26 Å². The lowest BCUT2D eigenvalue weighted by molar-refractivity contribution is 0.380. The van der Waals surface area contributed by atoms with Crippen LogP contribution in [-0.2, 0) is 0 Å². The van der Waals surface area contributed by atoms with Gasteiger partial charge in [0.25, 0.3) is 0 Å². The van der Waals surface area contributed by atoms with E-state index in [1.54, 1.807) is 12.1 Å². The first-order chi connectivity index (χ1) is 8.43. The van der Waals surface area contributed by atoms with Gasteiger partial charge in [-0.3, -0.25) is 0 Å². The van der Waals surface area contributed by atoms with Crippen molar-refractivity contribution in [1.82, 2.24) is 0 Å². The van der Waals surface area contributed by atoms with E-state index in [1.807, 2.05) is 6.07 Å². The van der Waals surface area contributed by atoms with E-state index in [4.69, 9.17) is 22.6 Å². The molecule has 98 valence electrons. The van der Waals surface area contributed by atoms with Gasteiger partial charge in [-0.05, 0) is 37.1 Å². The molecule has 0 radical (unpaired) electrons. The third-order valence-electron chi connectivity index (χ3n) is 2.97. The molecule has 4 heteroatoms. The first kappa shape index (κ1) is 14.8. The predicted octanol–water partition coefficient (Wildman–Crippen LogP) is 3.02. The molecule has 0 aliphatic heterocycles. The van der Waals surface area contributed by atoms with Gasteiger partial charge >= 0.3 is 0 Å². The Hall–Kier alpha value is -1.24. The topological polar surface area (TPSA) is 53.0 Å². The minimum absolute atomic E-state index is 0.0350. The molecule has 0 fully saturated rings. The average molecular weight is 266 g/mol. The zero-order valence-electron chi connectivity index (χ0n) is 11.2. The molecule has 0 aromatic heterocycles. The van der Waals surface area contributed by atoms with E-state index in [0.29, 0.717) is 17.1 Å². The standard InChI is InChI=1S/C14H20ClN3/c1-4-18(10-14(2,3)9-17)13-6-5-11(8-16)7-12(13)15/h5-7H,4,9-10,17H2,1-3H3. The molecule has 1 aromatic carbocycles. The van der Waals surface area contributed by atoms with Crippen molar-refractivity contribution in [3.05, 3.63) is 28.8 Å². The fraction of sp³-hybridized carbons (Fsp3) is 0.500. The fourth-order valence-electron chi connectivity index (χ4n) is 1.78. The van der Waals surface area contributed by atoms with Crippen molar-refractivity contribution >= 4 is 17.3 Å². The summed E-state index contributed by atoms with van der Waals surface area (Å²) in [7, 11) is 0. The third-order valence-corrected chi connectivity index (χ3v) is 3.27. The van der Waals surface area contributed by atoms with Crippen LogP contribution in [0.5, 0.6) is 0 Å². The zero-order valence-corrected chi connectivity index (χ0v) is 12.0. The van der Waals surface area contributed by atoms with Crippen LogP contribution in [0.4, 0.5) is 5.69 Å². The van der Waals surface area contributed by atoms with Crippen molar-refractivity contribution in [1.29, 1.82) is 5.26 Å². The van der Waals surface area contributed by atoms with Crippen LogP contribution in [0.1, 0.15) is 26.3 Å². The molecule has 18 heavy (non-hydrogen) atoms. The molecular formula is C14H20ClN3. The van der Waals surface area contributed by atoms with Crippen LogP contribution in [0.2, 0.25) is 5.02 Å². The molecule has 1 aromatic rings. The molecule has 0 saturated carbocycles. The molecule has 0 aliphatic carbocycles. The Labute approximate surface area is 114 Å².